The van der Waals surface area contributed by atoms with Crippen molar-refractivity contribution < 1.29 is 13.2 Å². The van der Waals surface area contributed by atoms with Gasteiger partial charge in [0.05, 0.1) is 0 Å². The number of pyridine rings is 1. The Morgan fingerprint density at radius 2 is 1.92 bits per heavy atom. The number of anilines is 1. The number of nitrogens with zero attached hydrogens (tertiary/aromatic N) is 3. The molecule has 0 radical (unpaired) electrons. The average molecular weight is 358 g/mol. The van der Waals surface area contributed by atoms with Crippen molar-refractivity contribution in [2.45, 2.75) is 37.8 Å². The number of rotatable bonds is 2. The number of fused-ring (bicyclic) bond motifs is 2. The summed E-state index contributed by atoms with van der Waals surface area (Å²) in [7, 11) is 0. The molecule has 5 rings (SSSR count). The summed E-state index contributed by atoms with van der Waals surface area (Å²) in [6, 6.07) is 8.40. The van der Waals surface area contributed by atoms with Crippen LogP contribution in [-0.4, -0.2) is 21.1 Å². The molecule has 26 heavy (non-hydrogen) atoms. The third-order valence-electron chi connectivity index (χ3n) is 5.35. The van der Waals surface area contributed by atoms with Crippen LogP contribution in [0.25, 0.3) is 16.9 Å². The van der Waals surface area contributed by atoms with Gasteiger partial charge in [0, 0.05) is 23.8 Å². The number of hydrogen-bond acceptors (Lipinski definition) is 3. The molecular weight excluding hydrogens is 341 g/mol. The van der Waals surface area contributed by atoms with Crippen LogP contribution < -0.4 is 5.32 Å². The lowest BCUT2D eigenvalue weighted by Crippen LogP contribution is -2.15. The molecule has 3 aromatic rings. The number of benzene rings is 1. The van der Waals surface area contributed by atoms with Crippen molar-refractivity contribution in [1.82, 2.24) is 14.5 Å². The molecular formula is C19H17F3N4. The molecule has 7 heteroatoms. The molecule has 0 unspecified atom stereocenters. The minimum absolute atomic E-state index is 0.282. The number of alkyl halides is 3. The predicted molar refractivity (Wildman–Crippen MR) is 92.7 cm³/mol. The number of halogens is 3. The lowest BCUT2D eigenvalue weighted by Gasteiger charge is -2.25. The van der Waals surface area contributed by atoms with E-state index in [1.807, 2.05) is 22.8 Å². The highest BCUT2D eigenvalue weighted by molar-refractivity contribution is 5.75. The second kappa shape index (κ2) is 5.46. The van der Waals surface area contributed by atoms with Gasteiger partial charge in [0.25, 0.3) is 0 Å². The van der Waals surface area contributed by atoms with E-state index in [1.165, 1.54) is 11.6 Å². The normalized spacial score (nSPS) is 17.2. The molecule has 1 aromatic carbocycles. The summed E-state index contributed by atoms with van der Waals surface area (Å²) in [6.07, 6.45) is -0.398. The lowest BCUT2D eigenvalue weighted by atomic mass is 9.85. The molecule has 0 spiro atoms. The minimum atomic E-state index is -4.47. The van der Waals surface area contributed by atoms with Crippen LogP contribution in [-0.2, 0) is 12.6 Å². The van der Waals surface area contributed by atoms with Crippen molar-refractivity contribution >= 4 is 16.9 Å². The maximum atomic E-state index is 13.2. The molecule has 0 atom stereocenters. The molecule has 1 N–H and O–H groups in total. The Morgan fingerprint density at radius 1 is 1.08 bits per heavy atom. The summed E-state index contributed by atoms with van der Waals surface area (Å²) in [4.78, 5) is 8.58. The third-order valence-corrected chi connectivity index (χ3v) is 5.35. The van der Waals surface area contributed by atoms with Gasteiger partial charge in [-0.2, -0.15) is 13.2 Å². The molecule has 2 aromatic heterocycles. The van der Waals surface area contributed by atoms with Gasteiger partial charge in [0.2, 0.25) is 0 Å². The van der Waals surface area contributed by atoms with Gasteiger partial charge >= 0.3 is 6.18 Å². The van der Waals surface area contributed by atoms with E-state index in [4.69, 9.17) is 0 Å². The van der Waals surface area contributed by atoms with E-state index in [9.17, 15) is 13.2 Å². The van der Waals surface area contributed by atoms with E-state index in [0.29, 0.717) is 5.52 Å². The number of imidazole rings is 1. The standard InChI is InChI=1S/C19H17F3N4/c20-19(21,22)16-7-6-15-18(25-16)26(17(24-15)11-2-1-3-11)13-4-5-14-12(10-13)8-9-23-14/h4-7,10-11,23H,1-3,8-9H2. The van der Waals surface area contributed by atoms with E-state index < -0.39 is 11.9 Å². The molecule has 134 valence electrons. The molecule has 0 bridgehead atoms. The first-order valence-corrected chi connectivity index (χ1v) is 8.84. The van der Waals surface area contributed by atoms with Crippen LogP contribution in [0.3, 0.4) is 0 Å². The maximum absolute atomic E-state index is 13.2. The van der Waals surface area contributed by atoms with Crippen molar-refractivity contribution in [1.29, 1.82) is 0 Å². The zero-order valence-corrected chi connectivity index (χ0v) is 14.0. The van der Waals surface area contributed by atoms with E-state index in [2.05, 4.69) is 15.3 Å². The first-order chi connectivity index (χ1) is 12.5. The fraction of sp³-hybridized carbons (Fsp3) is 0.368. The summed E-state index contributed by atoms with van der Waals surface area (Å²) in [5, 5.41) is 3.31. The van der Waals surface area contributed by atoms with Crippen molar-refractivity contribution in [3.05, 3.63) is 47.4 Å². The van der Waals surface area contributed by atoms with Gasteiger partial charge in [-0.1, -0.05) is 6.42 Å². The van der Waals surface area contributed by atoms with Crippen LogP contribution >= 0.6 is 0 Å². The highest BCUT2D eigenvalue weighted by Crippen LogP contribution is 2.39. The van der Waals surface area contributed by atoms with Gasteiger partial charge in [-0.15, -0.1) is 0 Å². The van der Waals surface area contributed by atoms with E-state index >= 15 is 0 Å². The largest absolute Gasteiger partial charge is 0.433 e. The molecule has 1 fully saturated rings. The van der Waals surface area contributed by atoms with Gasteiger partial charge in [-0.25, -0.2) is 9.97 Å². The number of hydrogen-bond donors (Lipinski definition) is 1. The molecule has 1 aliphatic heterocycles. The lowest BCUT2D eigenvalue weighted by molar-refractivity contribution is -0.141. The first-order valence-electron chi connectivity index (χ1n) is 8.84. The zero-order chi connectivity index (χ0) is 17.9. The van der Waals surface area contributed by atoms with Crippen molar-refractivity contribution in [2.24, 2.45) is 0 Å². The highest BCUT2D eigenvalue weighted by Gasteiger charge is 2.34. The summed E-state index contributed by atoms with van der Waals surface area (Å²) >= 11 is 0. The van der Waals surface area contributed by atoms with Crippen LogP contribution in [0.4, 0.5) is 18.9 Å². The Hall–Kier alpha value is -2.57. The Labute approximate surface area is 148 Å². The highest BCUT2D eigenvalue weighted by atomic mass is 19.4. The quantitative estimate of drug-likeness (QED) is 0.724. The van der Waals surface area contributed by atoms with Crippen LogP contribution in [0.2, 0.25) is 0 Å². The number of nitrogens with one attached hydrogen (secondary N) is 1. The smallest absolute Gasteiger partial charge is 0.384 e. The van der Waals surface area contributed by atoms with Crippen molar-refractivity contribution in [3.8, 4) is 5.69 Å². The Bertz CT molecular complexity index is 1000. The van der Waals surface area contributed by atoms with E-state index in [1.54, 1.807) is 0 Å². The van der Waals surface area contributed by atoms with E-state index in [-0.39, 0.29) is 11.6 Å². The van der Waals surface area contributed by atoms with Gasteiger partial charge in [0.1, 0.15) is 17.0 Å². The third kappa shape index (κ3) is 2.37. The van der Waals surface area contributed by atoms with Crippen LogP contribution in [0, 0.1) is 0 Å². The fourth-order valence-corrected chi connectivity index (χ4v) is 3.76. The summed E-state index contributed by atoms with van der Waals surface area (Å²) < 4.78 is 41.3. The van der Waals surface area contributed by atoms with Gasteiger partial charge < -0.3 is 5.32 Å². The van der Waals surface area contributed by atoms with Gasteiger partial charge in [0.15, 0.2) is 5.65 Å². The average Bonchev–Trinajstić information content (AvgIpc) is 3.14. The summed E-state index contributed by atoms with van der Waals surface area (Å²) in [5.41, 5.74) is 3.02. The summed E-state index contributed by atoms with van der Waals surface area (Å²) in [6.45, 7) is 0.884. The molecule has 3 heterocycles. The van der Waals surface area contributed by atoms with Gasteiger partial charge in [-0.05, 0) is 55.2 Å². The fourth-order valence-electron chi connectivity index (χ4n) is 3.76. The minimum Gasteiger partial charge on any atom is -0.384 e. The second-order valence-corrected chi connectivity index (χ2v) is 6.99. The molecule has 1 aliphatic carbocycles. The molecule has 4 nitrogen and oxygen atoms in total. The molecule has 2 aliphatic rings. The van der Waals surface area contributed by atoms with Gasteiger partial charge in [-0.3, -0.25) is 4.57 Å². The van der Waals surface area contributed by atoms with Crippen LogP contribution in [0.1, 0.15) is 42.3 Å². The van der Waals surface area contributed by atoms with Crippen molar-refractivity contribution in [2.75, 3.05) is 11.9 Å². The predicted octanol–water partition coefficient (Wildman–Crippen LogP) is 4.67. The topological polar surface area (TPSA) is 42.7 Å². The monoisotopic (exact) mass is 358 g/mol. The second-order valence-electron chi connectivity index (χ2n) is 6.99. The van der Waals surface area contributed by atoms with Crippen LogP contribution in [0.15, 0.2) is 30.3 Å². The molecule has 1 saturated carbocycles. The maximum Gasteiger partial charge on any atom is 0.433 e. The number of aromatic nitrogens is 3. The Morgan fingerprint density at radius 3 is 2.65 bits per heavy atom. The zero-order valence-electron chi connectivity index (χ0n) is 14.0. The van der Waals surface area contributed by atoms with Crippen molar-refractivity contribution in [3.63, 3.8) is 0 Å². The van der Waals surface area contributed by atoms with E-state index in [0.717, 1.165) is 55.5 Å². The Balaban J connectivity index is 1.75. The molecule has 0 amide bonds. The Kier molecular flexibility index (Phi) is 3.29. The first kappa shape index (κ1) is 15.7. The molecule has 0 saturated heterocycles. The SMILES string of the molecule is FC(F)(F)c1ccc2nc(C3CCC3)n(-c3ccc4c(c3)CCN4)c2n1. The summed E-state index contributed by atoms with van der Waals surface area (Å²) in [5.74, 6) is 1.11. The van der Waals surface area contributed by atoms with Crippen LogP contribution in [0.5, 0.6) is 0 Å².